The largest absolute Gasteiger partial charge is 0.378 e. The van der Waals surface area contributed by atoms with Gasteiger partial charge in [0.1, 0.15) is 0 Å². The van der Waals surface area contributed by atoms with Gasteiger partial charge in [0, 0.05) is 29.7 Å². The van der Waals surface area contributed by atoms with Gasteiger partial charge in [-0.25, -0.2) is 4.79 Å². The van der Waals surface area contributed by atoms with Gasteiger partial charge in [-0.3, -0.25) is 5.10 Å². The number of nitrogens with zero attached hydrogens (tertiary/aromatic N) is 2. The van der Waals surface area contributed by atoms with E-state index in [1.54, 1.807) is 0 Å². The average molecular weight is 563 g/mol. The minimum Gasteiger partial charge on any atom is -0.378 e. The average Bonchev–Trinajstić information content (AvgIpc) is 3.55. The Bertz CT molecular complexity index is 1230. The summed E-state index contributed by atoms with van der Waals surface area (Å²) < 4.78 is 5.55. The summed E-state index contributed by atoms with van der Waals surface area (Å²) in [4.78, 5) is 15.7. The smallest absolute Gasteiger partial charge is 0.317 e. The van der Waals surface area contributed by atoms with Crippen LogP contribution in [-0.2, 0) is 16.6 Å². The molecule has 6 aliphatic rings. The summed E-state index contributed by atoms with van der Waals surface area (Å²) in [6.45, 7) is 22.5. The minimum absolute atomic E-state index is 0.105. The Morgan fingerprint density at radius 2 is 1.76 bits per heavy atom. The molecule has 2 heterocycles. The maximum Gasteiger partial charge on any atom is 0.317 e. The molecule has 2 amide bonds. The lowest BCUT2D eigenvalue weighted by molar-refractivity contribution is -0.218. The van der Waals surface area contributed by atoms with Crippen molar-refractivity contribution in [3.63, 3.8) is 0 Å². The van der Waals surface area contributed by atoms with Gasteiger partial charge in [-0.2, -0.15) is 5.10 Å². The number of amides is 2. The van der Waals surface area contributed by atoms with Crippen LogP contribution in [0, 0.1) is 45.8 Å². The Kier molecular flexibility index (Phi) is 6.21. The molecule has 7 rings (SSSR count). The number of fused-ring (bicyclic) bond motifs is 8. The fraction of sp³-hybridized carbons (Fsp3) is 0.829. The van der Waals surface area contributed by atoms with Gasteiger partial charge in [0.05, 0.1) is 19.4 Å². The van der Waals surface area contributed by atoms with Crippen molar-refractivity contribution >= 4 is 6.03 Å². The molecule has 9 atom stereocenters. The van der Waals surface area contributed by atoms with E-state index in [4.69, 9.17) is 4.74 Å². The zero-order valence-electron chi connectivity index (χ0n) is 26.6. The summed E-state index contributed by atoms with van der Waals surface area (Å²) in [5, 5.41) is 11.7. The third-order valence-corrected chi connectivity index (χ3v) is 14.8. The quantitative estimate of drug-likeness (QED) is 0.386. The van der Waals surface area contributed by atoms with Gasteiger partial charge in [-0.15, -0.1) is 0 Å². The molecule has 41 heavy (non-hydrogen) atoms. The maximum atomic E-state index is 13.7. The Hall–Kier alpha value is -1.82. The van der Waals surface area contributed by atoms with Crippen molar-refractivity contribution in [2.24, 2.45) is 45.8 Å². The molecule has 0 radical (unpaired) electrons. The normalized spacial score (nSPS) is 46.4. The third-order valence-electron chi connectivity index (χ3n) is 14.8. The van der Waals surface area contributed by atoms with Crippen LogP contribution in [0.15, 0.2) is 18.3 Å². The number of rotatable bonds is 2. The first-order chi connectivity index (χ1) is 19.4. The first-order valence-corrected chi connectivity index (χ1v) is 16.7. The van der Waals surface area contributed by atoms with Gasteiger partial charge in [0.15, 0.2) is 0 Å². The Labute approximate surface area is 247 Å². The first-order valence-electron chi connectivity index (χ1n) is 16.7. The molecule has 6 heteroatoms. The lowest BCUT2D eigenvalue weighted by Crippen LogP contribution is -2.69. The molecule has 0 aromatic carbocycles. The fourth-order valence-electron chi connectivity index (χ4n) is 12.8. The number of H-pyrrole nitrogens is 1. The molecular formula is C35H54N4O2. The zero-order chi connectivity index (χ0) is 29.0. The van der Waals surface area contributed by atoms with E-state index in [1.807, 2.05) is 4.90 Å². The second-order valence-corrected chi connectivity index (χ2v) is 16.5. The molecule has 1 aromatic rings. The minimum atomic E-state index is -0.105. The van der Waals surface area contributed by atoms with Crippen molar-refractivity contribution in [2.45, 2.75) is 110 Å². The molecule has 0 spiro atoms. The number of carbonyl (C=O) groups is 1. The Morgan fingerprint density at radius 1 is 1.00 bits per heavy atom. The number of carbonyl (C=O) groups excluding carboxylic acids is 1. The molecule has 1 saturated heterocycles. The summed E-state index contributed by atoms with van der Waals surface area (Å²) in [5.41, 5.74) is 5.03. The van der Waals surface area contributed by atoms with Crippen LogP contribution in [0.4, 0.5) is 4.79 Å². The van der Waals surface area contributed by atoms with Crippen LogP contribution in [0.5, 0.6) is 0 Å². The van der Waals surface area contributed by atoms with E-state index in [0.717, 1.165) is 25.7 Å². The maximum absolute atomic E-state index is 13.7. The van der Waals surface area contributed by atoms with Crippen LogP contribution in [0.25, 0.3) is 0 Å². The third kappa shape index (κ3) is 3.64. The Morgan fingerprint density at radius 3 is 2.49 bits per heavy atom. The van der Waals surface area contributed by atoms with Gasteiger partial charge in [-0.1, -0.05) is 46.8 Å². The van der Waals surface area contributed by atoms with Crippen LogP contribution < -0.4 is 5.32 Å². The predicted octanol–water partition coefficient (Wildman–Crippen LogP) is 6.88. The highest BCUT2D eigenvalue weighted by molar-refractivity contribution is 5.75. The molecule has 226 valence electrons. The summed E-state index contributed by atoms with van der Waals surface area (Å²) in [6, 6.07) is 0.137. The number of hydrogen-bond donors (Lipinski definition) is 2. The number of nitrogens with one attached hydrogen (secondary N) is 2. The van der Waals surface area contributed by atoms with Gasteiger partial charge in [-0.05, 0) is 116 Å². The van der Waals surface area contributed by atoms with Gasteiger partial charge in [0.2, 0.25) is 0 Å². The van der Waals surface area contributed by atoms with Crippen molar-refractivity contribution in [3.05, 3.63) is 29.6 Å². The van der Waals surface area contributed by atoms with Crippen molar-refractivity contribution < 1.29 is 9.53 Å². The highest BCUT2D eigenvalue weighted by Crippen LogP contribution is 2.76. The van der Waals surface area contributed by atoms with Crippen molar-refractivity contribution in [3.8, 4) is 0 Å². The SMILES string of the molecule is C=C(C)[C@@H]1CC[C@]2(NC(=O)N3CCOCC3)CC[C@]3(C)[C@H](CC[C@@H]4[C@@]5(C)Cc6cn[nH]c6C(C)(C)[C@@H]5CC[C@]43C)[C@@H]12. The van der Waals surface area contributed by atoms with E-state index in [2.05, 4.69) is 69.8 Å². The van der Waals surface area contributed by atoms with Crippen molar-refractivity contribution in [1.29, 1.82) is 0 Å². The van der Waals surface area contributed by atoms with Crippen LogP contribution in [0.3, 0.4) is 0 Å². The van der Waals surface area contributed by atoms with Gasteiger partial charge >= 0.3 is 6.03 Å². The standard InChI is InChI=1S/C35H54N4O2/c1-22(2)24-10-13-35(37-30(40)39-16-18-41-19-17-39)15-14-33(6)25(28(24)35)8-9-27-32(5)20-23-21-36-38-29(23)31(3,4)26(32)11-12-34(27,33)7/h21,24-28H,1,8-20H2,2-7H3,(H,36,38)(H,37,40)/t24-,25+,26-,27+,28+,32-,33+,34+,35-/m0/s1. The zero-order valence-corrected chi connectivity index (χ0v) is 26.6. The summed E-state index contributed by atoms with van der Waals surface area (Å²) in [7, 11) is 0. The van der Waals surface area contributed by atoms with Gasteiger partial charge in [0.25, 0.3) is 0 Å². The van der Waals surface area contributed by atoms with Gasteiger partial charge < -0.3 is 15.0 Å². The summed E-state index contributed by atoms with van der Waals surface area (Å²) in [5.74, 6) is 2.98. The number of aromatic nitrogens is 2. The highest BCUT2D eigenvalue weighted by Gasteiger charge is 2.71. The molecule has 1 aliphatic heterocycles. The lowest BCUT2D eigenvalue weighted by Gasteiger charge is -2.72. The first kappa shape index (κ1) is 28.0. The lowest BCUT2D eigenvalue weighted by atomic mass is 9.33. The van der Waals surface area contributed by atoms with E-state index in [1.165, 1.54) is 48.9 Å². The van der Waals surface area contributed by atoms with Crippen molar-refractivity contribution in [2.75, 3.05) is 26.3 Å². The molecule has 0 unspecified atom stereocenters. The second kappa shape index (κ2) is 9.09. The Balaban J connectivity index is 1.24. The van der Waals surface area contributed by atoms with E-state index in [9.17, 15) is 4.79 Å². The molecule has 1 aromatic heterocycles. The molecule has 4 saturated carbocycles. The van der Waals surface area contributed by atoms with Crippen LogP contribution in [0.2, 0.25) is 0 Å². The number of ether oxygens (including phenoxy) is 1. The molecule has 2 N–H and O–H groups in total. The number of allylic oxidation sites excluding steroid dienone is 1. The molecule has 5 aliphatic carbocycles. The number of hydrogen-bond acceptors (Lipinski definition) is 3. The molecule has 5 fully saturated rings. The van der Waals surface area contributed by atoms with E-state index in [-0.39, 0.29) is 27.8 Å². The van der Waals surface area contributed by atoms with E-state index < -0.39 is 0 Å². The fourth-order valence-corrected chi connectivity index (χ4v) is 12.8. The predicted molar refractivity (Wildman–Crippen MR) is 162 cm³/mol. The monoisotopic (exact) mass is 562 g/mol. The van der Waals surface area contributed by atoms with Crippen LogP contribution >= 0.6 is 0 Å². The molecular weight excluding hydrogens is 508 g/mol. The van der Waals surface area contributed by atoms with Crippen LogP contribution in [-0.4, -0.2) is 53.0 Å². The van der Waals surface area contributed by atoms with Crippen molar-refractivity contribution in [1.82, 2.24) is 20.4 Å². The molecule has 0 bridgehead atoms. The number of aromatic amines is 1. The summed E-state index contributed by atoms with van der Waals surface area (Å²) in [6.07, 6.45) is 13.0. The highest BCUT2D eigenvalue weighted by atomic mass is 16.5. The van der Waals surface area contributed by atoms with E-state index in [0.29, 0.717) is 61.3 Å². The summed E-state index contributed by atoms with van der Waals surface area (Å²) >= 11 is 0. The van der Waals surface area contributed by atoms with E-state index >= 15 is 0 Å². The molecule has 6 nitrogen and oxygen atoms in total. The topological polar surface area (TPSA) is 70.2 Å². The number of morpholine rings is 1. The van der Waals surface area contributed by atoms with Crippen LogP contribution in [0.1, 0.15) is 104 Å². The number of urea groups is 1. The second-order valence-electron chi connectivity index (χ2n) is 16.5.